The number of carbonyl (C=O) groups is 5. The van der Waals surface area contributed by atoms with Crippen LogP contribution < -0.4 is 4.90 Å². The first-order chi connectivity index (χ1) is 18.8. The minimum atomic E-state index is -1.44. The highest BCUT2D eigenvalue weighted by molar-refractivity contribution is 8.26. The third-order valence-electron chi connectivity index (χ3n) is 5.75. The Labute approximate surface area is 240 Å². The molecule has 14 heteroatoms. The first-order valence-electron chi connectivity index (χ1n) is 12.1. The van der Waals surface area contributed by atoms with Crippen molar-refractivity contribution in [2.45, 2.75) is 58.3 Å². The van der Waals surface area contributed by atoms with E-state index in [1.807, 2.05) is 43.3 Å². The fourth-order valence-electron chi connectivity index (χ4n) is 4.13. The van der Waals surface area contributed by atoms with Gasteiger partial charge in [-0.25, -0.2) is 0 Å². The molecule has 2 aliphatic heterocycles. The number of hydrogen-bond acceptors (Lipinski definition) is 13. The summed E-state index contributed by atoms with van der Waals surface area (Å²) in [6, 6.07) is 7.48. The Morgan fingerprint density at radius 2 is 1.48 bits per heavy atom. The molecule has 0 aromatic heterocycles. The van der Waals surface area contributed by atoms with Crippen molar-refractivity contribution in [2.75, 3.05) is 25.6 Å². The van der Waals surface area contributed by atoms with E-state index < -0.39 is 67.0 Å². The van der Waals surface area contributed by atoms with E-state index in [0.29, 0.717) is 0 Å². The molecule has 3 rings (SSSR count). The van der Waals surface area contributed by atoms with Gasteiger partial charge in [0.15, 0.2) is 28.9 Å². The Hall–Kier alpha value is -3.49. The molecule has 0 spiro atoms. The molecule has 2 aliphatic rings. The summed E-state index contributed by atoms with van der Waals surface area (Å²) in [6.45, 7) is 4.11. The molecule has 0 radical (unpaired) electrons. The van der Waals surface area contributed by atoms with E-state index in [2.05, 4.69) is 0 Å². The molecule has 1 aromatic rings. The van der Waals surface area contributed by atoms with E-state index in [1.54, 1.807) is 6.08 Å². The highest BCUT2D eigenvalue weighted by Crippen LogP contribution is 2.39. The Morgan fingerprint density at radius 1 is 0.925 bits per heavy atom. The average Bonchev–Trinajstić information content (AvgIpc) is 3.12. The normalized spacial score (nSPS) is 25.4. The van der Waals surface area contributed by atoms with Gasteiger partial charge >= 0.3 is 23.9 Å². The smallest absolute Gasteiger partial charge is 0.303 e. The van der Waals surface area contributed by atoms with Crippen molar-refractivity contribution in [1.29, 1.82) is 0 Å². The molecule has 2 saturated heterocycles. The maximum absolute atomic E-state index is 13.6. The fraction of sp³-hybridized carbons (Fsp3) is 0.462. The van der Waals surface area contributed by atoms with E-state index >= 15 is 0 Å². The number of benzene rings is 1. The molecule has 0 N–H and O–H groups in total. The number of ether oxygens (including phenoxy) is 5. The molecule has 216 valence electrons. The molecule has 12 nitrogen and oxygen atoms in total. The van der Waals surface area contributed by atoms with Crippen LogP contribution in [0.2, 0.25) is 0 Å². The van der Waals surface area contributed by atoms with Gasteiger partial charge < -0.3 is 28.6 Å². The lowest BCUT2D eigenvalue weighted by Gasteiger charge is -2.46. The maximum atomic E-state index is 13.6. The number of thiocarbonyl (C=S) groups is 1. The van der Waals surface area contributed by atoms with Crippen LogP contribution in [-0.2, 0) is 47.7 Å². The van der Waals surface area contributed by atoms with E-state index in [9.17, 15) is 24.0 Å². The first kappa shape index (κ1) is 31.0. The summed E-state index contributed by atoms with van der Waals surface area (Å²) >= 11 is 6.51. The highest BCUT2D eigenvalue weighted by atomic mass is 32.2. The van der Waals surface area contributed by atoms with Crippen molar-refractivity contribution in [2.24, 2.45) is 0 Å². The van der Waals surface area contributed by atoms with Crippen LogP contribution >= 0.6 is 24.0 Å². The largest absolute Gasteiger partial charge is 0.463 e. The van der Waals surface area contributed by atoms with Crippen molar-refractivity contribution in [3.8, 4) is 0 Å². The van der Waals surface area contributed by atoms with Gasteiger partial charge in [-0.05, 0) is 23.8 Å². The topological polar surface area (TPSA) is 138 Å². The molecule has 5 unspecified atom stereocenters. The third kappa shape index (κ3) is 7.58. The zero-order valence-electron chi connectivity index (χ0n) is 22.8. The van der Waals surface area contributed by atoms with E-state index in [-0.39, 0.29) is 9.23 Å². The van der Waals surface area contributed by atoms with Gasteiger partial charge in [0.1, 0.15) is 12.7 Å². The molecule has 0 saturated carbocycles. The third-order valence-corrected chi connectivity index (χ3v) is 7.08. The molecular weight excluding hydrogens is 564 g/mol. The summed E-state index contributed by atoms with van der Waals surface area (Å²) in [6.07, 6.45) is -5.16. The minimum absolute atomic E-state index is 0.0852. The number of anilines is 1. The van der Waals surface area contributed by atoms with E-state index in [0.717, 1.165) is 48.7 Å². The van der Waals surface area contributed by atoms with Crippen LogP contribution in [0.25, 0.3) is 6.08 Å². The first-order valence-corrected chi connectivity index (χ1v) is 13.4. The van der Waals surface area contributed by atoms with Crippen molar-refractivity contribution in [1.82, 2.24) is 4.90 Å². The zero-order valence-corrected chi connectivity index (χ0v) is 24.4. The number of rotatable bonds is 8. The minimum Gasteiger partial charge on any atom is -0.463 e. The Morgan fingerprint density at radius 3 is 2.00 bits per heavy atom. The molecule has 1 aromatic carbocycles. The summed E-state index contributed by atoms with van der Waals surface area (Å²) in [4.78, 5) is 64.6. The molecule has 0 aliphatic carbocycles. The number of thioether (sulfide) groups is 1. The van der Waals surface area contributed by atoms with Crippen molar-refractivity contribution in [3.05, 3.63) is 34.7 Å². The van der Waals surface area contributed by atoms with Crippen LogP contribution in [0.3, 0.4) is 0 Å². The lowest BCUT2D eigenvalue weighted by molar-refractivity contribution is -0.268. The predicted molar refractivity (Wildman–Crippen MR) is 148 cm³/mol. The summed E-state index contributed by atoms with van der Waals surface area (Å²) in [5.41, 5.74) is 1.72. The number of hydrogen-bond donors (Lipinski definition) is 0. The van der Waals surface area contributed by atoms with Crippen LogP contribution in [0.1, 0.15) is 33.3 Å². The number of esters is 4. The number of nitrogens with zero attached hydrogens (tertiary/aromatic N) is 2. The van der Waals surface area contributed by atoms with Gasteiger partial charge in [0.25, 0.3) is 5.91 Å². The summed E-state index contributed by atoms with van der Waals surface area (Å²) in [5, 5.41) is 0. The second-order valence-electron chi connectivity index (χ2n) is 9.13. The fourth-order valence-corrected chi connectivity index (χ4v) is 5.44. The molecule has 5 atom stereocenters. The van der Waals surface area contributed by atoms with Crippen LogP contribution in [-0.4, -0.2) is 90.4 Å². The highest BCUT2D eigenvalue weighted by Gasteiger charge is 2.56. The molecule has 1 amide bonds. The molecule has 0 bridgehead atoms. The maximum Gasteiger partial charge on any atom is 0.303 e. The molecule has 2 heterocycles. The van der Waals surface area contributed by atoms with Gasteiger partial charge in [-0.15, -0.1) is 0 Å². The molecular formula is C26H30N2O10S2. The SMILES string of the molecule is CC(=O)OCC1OC(N2C(=O)C(=Cc3ccc(N(C)C)cc3)SC2=S)C(OC(C)=O)C(OC(C)=O)C1OC(C)=O. The number of carbonyl (C=O) groups excluding carboxylic acids is 5. The summed E-state index contributed by atoms with van der Waals surface area (Å²) in [7, 11) is 3.82. The Bertz CT molecular complexity index is 1220. The van der Waals surface area contributed by atoms with Crippen LogP contribution in [0.5, 0.6) is 0 Å². The summed E-state index contributed by atoms with van der Waals surface area (Å²) < 4.78 is 27.6. The van der Waals surface area contributed by atoms with Crippen LogP contribution in [0.15, 0.2) is 29.2 Å². The Kier molecular flexibility index (Phi) is 10.3. The quantitative estimate of drug-likeness (QED) is 0.188. The van der Waals surface area contributed by atoms with Gasteiger partial charge in [0, 0.05) is 47.5 Å². The van der Waals surface area contributed by atoms with Gasteiger partial charge in [0.2, 0.25) is 0 Å². The summed E-state index contributed by atoms with van der Waals surface area (Å²) in [5.74, 6) is -3.52. The lowest BCUT2D eigenvalue weighted by Crippen LogP contribution is -2.66. The van der Waals surface area contributed by atoms with E-state index in [4.69, 9.17) is 35.9 Å². The van der Waals surface area contributed by atoms with Gasteiger partial charge in [0.05, 0.1) is 4.91 Å². The Balaban J connectivity index is 2.03. The van der Waals surface area contributed by atoms with E-state index in [1.165, 1.54) is 6.92 Å². The van der Waals surface area contributed by atoms with Gasteiger partial charge in [-0.1, -0.05) is 36.1 Å². The van der Waals surface area contributed by atoms with Gasteiger partial charge in [-0.3, -0.25) is 28.9 Å². The van der Waals surface area contributed by atoms with Crippen molar-refractivity contribution >= 4 is 69.8 Å². The number of amides is 1. The second-order valence-corrected chi connectivity index (χ2v) is 10.8. The average molecular weight is 595 g/mol. The molecule has 2 fully saturated rings. The van der Waals surface area contributed by atoms with Crippen molar-refractivity contribution < 1.29 is 47.7 Å². The zero-order chi connectivity index (χ0) is 29.7. The van der Waals surface area contributed by atoms with Gasteiger partial charge in [-0.2, -0.15) is 0 Å². The monoisotopic (exact) mass is 594 g/mol. The lowest BCUT2D eigenvalue weighted by atomic mass is 9.96. The van der Waals surface area contributed by atoms with Crippen molar-refractivity contribution in [3.63, 3.8) is 0 Å². The predicted octanol–water partition coefficient (Wildman–Crippen LogP) is 2.04. The van der Waals surface area contributed by atoms with Crippen LogP contribution in [0, 0.1) is 0 Å². The molecule has 40 heavy (non-hydrogen) atoms. The second kappa shape index (κ2) is 13.2. The van der Waals surface area contributed by atoms with Crippen LogP contribution in [0.4, 0.5) is 5.69 Å². The standard InChI is InChI=1S/C26H30N2O10S2/c1-13(29)34-12-19-21(35-14(2)30)22(36-15(3)31)23(37-16(4)32)25(38-19)28-24(33)20(40-26(28)39)11-17-7-9-18(10-8-17)27(5)6/h7-11,19,21-23,25H,12H2,1-6H3.